The molecule has 1 unspecified atom stereocenters. The SMILES string of the molecule is COC(=O)NCC1CN(c2ccc(-c3cnc(N4CCS(=O)CC4)nc3)c(F)c2)C(=O)O1. The highest BCUT2D eigenvalue weighted by Crippen LogP contribution is 2.29. The van der Waals surface area contributed by atoms with E-state index >= 15 is 0 Å². The monoisotopic (exact) mass is 463 g/mol. The smallest absolute Gasteiger partial charge is 0.414 e. The minimum absolute atomic E-state index is 0.0894. The molecule has 2 aliphatic rings. The highest BCUT2D eigenvalue weighted by molar-refractivity contribution is 7.85. The van der Waals surface area contributed by atoms with Crippen LogP contribution in [0.4, 0.5) is 25.6 Å². The third-order valence-electron chi connectivity index (χ3n) is 5.21. The molecule has 0 spiro atoms. The Morgan fingerprint density at radius 1 is 1.31 bits per heavy atom. The van der Waals surface area contributed by atoms with Crippen molar-refractivity contribution in [2.45, 2.75) is 6.10 Å². The van der Waals surface area contributed by atoms with Crippen LogP contribution >= 0.6 is 0 Å². The summed E-state index contributed by atoms with van der Waals surface area (Å²) in [4.78, 5) is 35.3. The maximum Gasteiger partial charge on any atom is 0.414 e. The van der Waals surface area contributed by atoms with Gasteiger partial charge in [0.25, 0.3) is 0 Å². The lowest BCUT2D eigenvalue weighted by molar-refractivity contribution is 0.132. The number of nitrogens with zero attached hydrogens (tertiary/aromatic N) is 4. The van der Waals surface area contributed by atoms with Gasteiger partial charge in [0.2, 0.25) is 5.95 Å². The number of benzene rings is 1. The van der Waals surface area contributed by atoms with E-state index in [0.29, 0.717) is 47.4 Å². The first-order valence-corrected chi connectivity index (χ1v) is 11.5. The number of methoxy groups -OCH3 is 1. The number of aromatic nitrogens is 2. The van der Waals surface area contributed by atoms with Gasteiger partial charge in [-0.3, -0.25) is 9.11 Å². The number of ether oxygens (including phenoxy) is 2. The van der Waals surface area contributed by atoms with Gasteiger partial charge in [0.1, 0.15) is 11.9 Å². The number of hydrogen-bond acceptors (Lipinski definition) is 8. The molecule has 0 saturated carbocycles. The molecule has 4 rings (SSSR count). The van der Waals surface area contributed by atoms with Crippen LogP contribution in [0.2, 0.25) is 0 Å². The predicted molar refractivity (Wildman–Crippen MR) is 116 cm³/mol. The van der Waals surface area contributed by atoms with Crippen molar-refractivity contribution >= 4 is 34.6 Å². The second kappa shape index (κ2) is 9.47. The van der Waals surface area contributed by atoms with Gasteiger partial charge in [0.15, 0.2) is 0 Å². The normalized spacial score (nSPS) is 19.1. The van der Waals surface area contributed by atoms with Gasteiger partial charge in [-0.25, -0.2) is 23.9 Å². The molecule has 0 radical (unpaired) electrons. The van der Waals surface area contributed by atoms with Gasteiger partial charge in [-0.1, -0.05) is 0 Å². The number of carbonyl (C=O) groups is 2. The first-order chi connectivity index (χ1) is 15.4. The van der Waals surface area contributed by atoms with E-state index in [0.717, 1.165) is 0 Å². The molecule has 1 aromatic heterocycles. The highest BCUT2D eigenvalue weighted by Gasteiger charge is 2.33. The first kappa shape index (κ1) is 21.9. The van der Waals surface area contributed by atoms with Gasteiger partial charge in [-0.15, -0.1) is 0 Å². The van der Waals surface area contributed by atoms with Crippen molar-refractivity contribution in [2.75, 3.05) is 54.6 Å². The van der Waals surface area contributed by atoms with Gasteiger partial charge < -0.3 is 19.7 Å². The molecule has 32 heavy (non-hydrogen) atoms. The van der Waals surface area contributed by atoms with E-state index in [1.807, 2.05) is 4.90 Å². The summed E-state index contributed by atoms with van der Waals surface area (Å²) in [6.45, 7) is 1.50. The van der Waals surface area contributed by atoms with Crippen molar-refractivity contribution in [1.82, 2.24) is 15.3 Å². The van der Waals surface area contributed by atoms with E-state index in [-0.39, 0.29) is 13.1 Å². The van der Waals surface area contributed by atoms with Crippen molar-refractivity contribution in [3.63, 3.8) is 0 Å². The average Bonchev–Trinajstić information content (AvgIpc) is 3.18. The van der Waals surface area contributed by atoms with E-state index in [2.05, 4.69) is 20.0 Å². The minimum atomic E-state index is -0.792. The number of cyclic esters (lactones) is 1. The molecule has 2 aliphatic heterocycles. The third kappa shape index (κ3) is 4.79. The van der Waals surface area contributed by atoms with E-state index in [4.69, 9.17) is 4.74 Å². The molecule has 1 aromatic carbocycles. The van der Waals surface area contributed by atoms with Gasteiger partial charge in [0, 0.05) is 58.9 Å². The minimum Gasteiger partial charge on any atom is -0.453 e. The molecule has 12 heteroatoms. The topological polar surface area (TPSA) is 114 Å². The van der Waals surface area contributed by atoms with Crippen LogP contribution in [0.1, 0.15) is 0 Å². The lowest BCUT2D eigenvalue weighted by Crippen LogP contribution is -2.38. The first-order valence-electron chi connectivity index (χ1n) is 9.96. The molecule has 1 N–H and O–H groups in total. The van der Waals surface area contributed by atoms with Crippen LogP contribution in [-0.4, -0.2) is 77.3 Å². The molecule has 0 bridgehead atoms. The van der Waals surface area contributed by atoms with Crippen molar-refractivity contribution < 1.29 is 27.7 Å². The van der Waals surface area contributed by atoms with E-state index in [1.165, 1.54) is 18.1 Å². The molecule has 2 amide bonds. The molecule has 170 valence electrons. The third-order valence-corrected chi connectivity index (χ3v) is 6.48. The van der Waals surface area contributed by atoms with Crippen LogP contribution in [0, 0.1) is 5.82 Å². The maximum atomic E-state index is 14.9. The Balaban J connectivity index is 1.43. The zero-order valence-electron chi connectivity index (χ0n) is 17.3. The quantitative estimate of drug-likeness (QED) is 0.710. The standard InChI is InChI=1S/C20H22FN5O5S/c1-30-19(27)24-11-15-12-26(20(28)31-15)14-2-3-16(17(21)8-14)13-9-22-18(23-10-13)25-4-6-32(29)7-5-25/h2-3,8-10,15H,4-7,11-12H2,1H3,(H,24,27). The fourth-order valence-electron chi connectivity index (χ4n) is 3.48. The van der Waals surface area contributed by atoms with Crippen LogP contribution in [0.5, 0.6) is 0 Å². The molecule has 2 aromatic rings. The summed E-state index contributed by atoms with van der Waals surface area (Å²) in [5.41, 5.74) is 1.15. The van der Waals surface area contributed by atoms with Crippen molar-refractivity contribution in [1.29, 1.82) is 0 Å². The lowest BCUT2D eigenvalue weighted by atomic mass is 10.1. The van der Waals surface area contributed by atoms with E-state index in [1.54, 1.807) is 24.5 Å². The summed E-state index contributed by atoms with van der Waals surface area (Å²) in [7, 11) is 0.446. The fourth-order valence-corrected chi connectivity index (χ4v) is 4.53. The van der Waals surface area contributed by atoms with Crippen LogP contribution in [0.15, 0.2) is 30.6 Å². The maximum absolute atomic E-state index is 14.9. The molecule has 0 aliphatic carbocycles. The van der Waals surface area contributed by atoms with Crippen LogP contribution in [0.3, 0.4) is 0 Å². The highest BCUT2D eigenvalue weighted by atomic mass is 32.2. The molecular weight excluding hydrogens is 441 g/mol. The molecule has 2 saturated heterocycles. The van der Waals surface area contributed by atoms with Crippen molar-refractivity contribution in [3.05, 3.63) is 36.4 Å². The average molecular weight is 463 g/mol. The Morgan fingerprint density at radius 2 is 2.03 bits per heavy atom. The van der Waals surface area contributed by atoms with Gasteiger partial charge in [-0.05, 0) is 18.2 Å². The van der Waals surface area contributed by atoms with Crippen LogP contribution < -0.4 is 15.1 Å². The molecule has 3 heterocycles. The summed E-state index contributed by atoms with van der Waals surface area (Å²) in [6.07, 6.45) is 1.27. The summed E-state index contributed by atoms with van der Waals surface area (Å²) < 4.78 is 36.0. The summed E-state index contributed by atoms with van der Waals surface area (Å²) in [5.74, 6) is 1.16. The zero-order chi connectivity index (χ0) is 22.7. The van der Waals surface area contributed by atoms with E-state index < -0.39 is 34.9 Å². The van der Waals surface area contributed by atoms with Crippen molar-refractivity contribution in [2.24, 2.45) is 0 Å². The van der Waals surface area contributed by atoms with E-state index in [9.17, 15) is 18.2 Å². The predicted octanol–water partition coefficient (Wildman–Crippen LogP) is 1.53. The van der Waals surface area contributed by atoms with Gasteiger partial charge in [0.05, 0.1) is 25.9 Å². The molecular formula is C20H22FN5O5S. The van der Waals surface area contributed by atoms with Crippen molar-refractivity contribution in [3.8, 4) is 11.1 Å². The Morgan fingerprint density at radius 3 is 2.69 bits per heavy atom. The van der Waals surface area contributed by atoms with Gasteiger partial charge in [-0.2, -0.15) is 0 Å². The van der Waals surface area contributed by atoms with Crippen LogP contribution in [-0.2, 0) is 20.3 Å². The summed E-state index contributed by atoms with van der Waals surface area (Å²) in [6, 6.07) is 4.42. The molecule has 1 atom stereocenters. The number of halogens is 1. The Kier molecular flexibility index (Phi) is 6.49. The molecule has 2 fully saturated rings. The van der Waals surface area contributed by atoms with Crippen LogP contribution in [0.25, 0.3) is 11.1 Å². The number of rotatable bonds is 5. The summed E-state index contributed by atoms with van der Waals surface area (Å²) >= 11 is 0. The second-order valence-electron chi connectivity index (χ2n) is 7.26. The Hall–Kier alpha value is -3.28. The number of alkyl carbamates (subject to hydrolysis) is 1. The Labute approximate surface area is 186 Å². The second-order valence-corrected chi connectivity index (χ2v) is 8.96. The number of nitrogens with one attached hydrogen (secondary N) is 1. The number of carbonyl (C=O) groups excluding carboxylic acids is 2. The molecule has 10 nitrogen and oxygen atoms in total. The lowest BCUT2D eigenvalue weighted by Gasteiger charge is -2.26. The number of hydrogen-bond donors (Lipinski definition) is 1. The summed E-state index contributed by atoms with van der Waals surface area (Å²) in [5, 5.41) is 2.47. The largest absolute Gasteiger partial charge is 0.453 e. The number of amides is 2. The van der Waals surface area contributed by atoms with Gasteiger partial charge >= 0.3 is 12.2 Å². The Bertz CT molecular complexity index is 1030. The zero-order valence-corrected chi connectivity index (χ0v) is 18.1. The fraction of sp³-hybridized carbons (Fsp3) is 0.400. The number of anilines is 2.